The molecule has 18 heavy (non-hydrogen) atoms. The summed E-state index contributed by atoms with van der Waals surface area (Å²) in [4.78, 5) is 22.9. The molecule has 0 saturated heterocycles. The van der Waals surface area contributed by atoms with Crippen LogP contribution in [0.2, 0.25) is 0 Å². The van der Waals surface area contributed by atoms with E-state index in [9.17, 15) is 9.59 Å². The van der Waals surface area contributed by atoms with Crippen molar-refractivity contribution in [3.05, 3.63) is 35.4 Å². The maximum absolute atomic E-state index is 11.7. The van der Waals surface area contributed by atoms with Crippen LogP contribution in [0.4, 0.5) is 0 Å². The molecule has 0 atom stereocenters. The number of ether oxygens (including phenoxy) is 1. The van der Waals surface area contributed by atoms with E-state index in [1.165, 1.54) is 0 Å². The summed E-state index contributed by atoms with van der Waals surface area (Å²) in [5, 5.41) is 2.68. The Bertz CT molecular complexity index is 410. The molecule has 98 valence electrons. The second-order valence-corrected chi connectivity index (χ2v) is 4.41. The van der Waals surface area contributed by atoms with Gasteiger partial charge in [0.2, 0.25) is 0 Å². The molecule has 1 N–H and O–H groups in total. The van der Waals surface area contributed by atoms with Crippen LogP contribution in [-0.2, 0) is 9.53 Å². The second kappa shape index (κ2) is 6.79. The summed E-state index contributed by atoms with van der Waals surface area (Å²) in [7, 11) is 0. The van der Waals surface area contributed by atoms with E-state index in [0.29, 0.717) is 5.56 Å². The fraction of sp³-hybridized carbons (Fsp3) is 0.429. The summed E-state index contributed by atoms with van der Waals surface area (Å²) < 4.78 is 4.96. The van der Waals surface area contributed by atoms with Gasteiger partial charge in [0, 0.05) is 12.1 Å². The van der Waals surface area contributed by atoms with Gasteiger partial charge < -0.3 is 10.1 Å². The highest BCUT2D eigenvalue weighted by Crippen LogP contribution is 2.02. The van der Waals surface area contributed by atoms with Gasteiger partial charge in [0.05, 0.1) is 12.5 Å². The van der Waals surface area contributed by atoms with Crippen molar-refractivity contribution in [3.8, 4) is 0 Å². The Hall–Kier alpha value is -1.84. The molecule has 0 aliphatic carbocycles. The van der Waals surface area contributed by atoms with Gasteiger partial charge in [-0.1, -0.05) is 17.7 Å². The average molecular weight is 249 g/mol. The quantitative estimate of drug-likeness (QED) is 0.813. The van der Waals surface area contributed by atoms with Crippen LogP contribution in [0.1, 0.15) is 36.2 Å². The van der Waals surface area contributed by atoms with Gasteiger partial charge in [-0.15, -0.1) is 0 Å². The zero-order chi connectivity index (χ0) is 13.5. The summed E-state index contributed by atoms with van der Waals surface area (Å²) in [5.74, 6) is -0.471. The Morgan fingerprint density at radius 1 is 1.22 bits per heavy atom. The number of rotatable bonds is 5. The second-order valence-electron chi connectivity index (χ2n) is 4.41. The van der Waals surface area contributed by atoms with Crippen LogP contribution in [0, 0.1) is 6.92 Å². The molecule has 0 radical (unpaired) electrons. The molecule has 1 aromatic rings. The largest absolute Gasteiger partial charge is 0.463 e. The third-order valence-electron chi connectivity index (χ3n) is 2.30. The van der Waals surface area contributed by atoms with Crippen molar-refractivity contribution in [2.24, 2.45) is 0 Å². The van der Waals surface area contributed by atoms with Crippen LogP contribution in [0.15, 0.2) is 24.3 Å². The number of carbonyl (C=O) groups is 2. The molecule has 0 aromatic heterocycles. The van der Waals surface area contributed by atoms with Crippen molar-refractivity contribution in [3.63, 3.8) is 0 Å². The molecule has 0 unspecified atom stereocenters. The summed E-state index contributed by atoms with van der Waals surface area (Å²) >= 11 is 0. The van der Waals surface area contributed by atoms with E-state index >= 15 is 0 Å². The molecule has 0 spiro atoms. The highest BCUT2D eigenvalue weighted by Gasteiger charge is 2.08. The molecule has 0 fully saturated rings. The monoisotopic (exact) mass is 249 g/mol. The first-order chi connectivity index (χ1) is 8.49. The minimum Gasteiger partial charge on any atom is -0.463 e. The molecular formula is C14H19NO3. The summed E-state index contributed by atoms with van der Waals surface area (Å²) in [5.41, 5.74) is 1.70. The first-order valence-electron chi connectivity index (χ1n) is 6.03. The molecule has 4 nitrogen and oxygen atoms in total. The van der Waals surface area contributed by atoms with E-state index < -0.39 is 0 Å². The van der Waals surface area contributed by atoms with E-state index in [1.54, 1.807) is 26.0 Å². The lowest BCUT2D eigenvalue weighted by molar-refractivity contribution is -0.147. The molecule has 1 aromatic carbocycles. The van der Waals surface area contributed by atoms with Gasteiger partial charge in [-0.3, -0.25) is 9.59 Å². The van der Waals surface area contributed by atoms with Crippen molar-refractivity contribution in [1.29, 1.82) is 0 Å². The van der Waals surface area contributed by atoms with E-state index in [2.05, 4.69) is 5.32 Å². The average Bonchev–Trinajstić information content (AvgIpc) is 2.28. The van der Waals surface area contributed by atoms with E-state index in [0.717, 1.165) is 5.56 Å². The SMILES string of the molecule is Cc1ccc(C(=O)NCCC(=O)OC(C)C)cc1. The number of aryl methyl sites for hydroxylation is 1. The maximum atomic E-state index is 11.7. The first-order valence-corrected chi connectivity index (χ1v) is 6.03. The highest BCUT2D eigenvalue weighted by atomic mass is 16.5. The van der Waals surface area contributed by atoms with Gasteiger partial charge in [-0.25, -0.2) is 0 Å². The molecular weight excluding hydrogens is 230 g/mol. The summed E-state index contributed by atoms with van der Waals surface area (Å²) in [6, 6.07) is 7.28. The van der Waals surface area contributed by atoms with Gasteiger partial charge >= 0.3 is 5.97 Å². The third kappa shape index (κ3) is 4.99. The first kappa shape index (κ1) is 14.2. The van der Waals surface area contributed by atoms with E-state index in [-0.39, 0.29) is 30.9 Å². The molecule has 0 bridgehead atoms. The molecule has 0 saturated carbocycles. The molecule has 1 amide bonds. The highest BCUT2D eigenvalue weighted by molar-refractivity contribution is 5.94. The summed E-state index contributed by atoms with van der Waals surface area (Å²) in [6.45, 7) is 5.84. The molecule has 0 aliphatic rings. The maximum Gasteiger partial charge on any atom is 0.307 e. The van der Waals surface area contributed by atoms with Gasteiger partial charge in [0.15, 0.2) is 0 Å². The van der Waals surface area contributed by atoms with Gasteiger partial charge in [-0.2, -0.15) is 0 Å². The van der Waals surface area contributed by atoms with Crippen molar-refractivity contribution in [2.75, 3.05) is 6.54 Å². The zero-order valence-electron chi connectivity index (χ0n) is 11.0. The number of amides is 1. The minimum absolute atomic E-state index is 0.120. The van der Waals surface area contributed by atoms with Crippen LogP contribution >= 0.6 is 0 Å². The number of benzene rings is 1. The van der Waals surface area contributed by atoms with Crippen molar-refractivity contribution in [1.82, 2.24) is 5.32 Å². The van der Waals surface area contributed by atoms with E-state index in [1.807, 2.05) is 19.1 Å². The zero-order valence-corrected chi connectivity index (χ0v) is 11.0. The smallest absolute Gasteiger partial charge is 0.307 e. The Balaban J connectivity index is 2.33. The molecule has 4 heteroatoms. The summed E-state index contributed by atoms with van der Waals surface area (Å²) in [6.07, 6.45) is 0.0702. The Kier molecular flexibility index (Phi) is 5.36. The van der Waals surface area contributed by atoms with Crippen LogP contribution < -0.4 is 5.32 Å². The predicted molar refractivity (Wildman–Crippen MR) is 69.4 cm³/mol. The number of esters is 1. The number of hydrogen-bond donors (Lipinski definition) is 1. The standard InChI is InChI=1S/C14H19NO3/c1-10(2)18-13(16)8-9-15-14(17)12-6-4-11(3)5-7-12/h4-7,10H,8-9H2,1-3H3,(H,15,17). The lowest BCUT2D eigenvalue weighted by Gasteiger charge is -2.08. The topological polar surface area (TPSA) is 55.4 Å². The lowest BCUT2D eigenvalue weighted by atomic mass is 10.1. The van der Waals surface area contributed by atoms with Gasteiger partial charge in [-0.05, 0) is 32.9 Å². The minimum atomic E-state index is -0.297. The van der Waals surface area contributed by atoms with Gasteiger partial charge in [0.25, 0.3) is 5.91 Å². The Labute approximate surface area is 107 Å². The lowest BCUT2D eigenvalue weighted by Crippen LogP contribution is -2.27. The van der Waals surface area contributed by atoms with Crippen molar-refractivity contribution in [2.45, 2.75) is 33.3 Å². The fourth-order valence-electron chi connectivity index (χ4n) is 1.41. The molecule has 1 rings (SSSR count). The number of hydrogen-bond acceptors (Lipinski definition) is 3. The third-order valence-corrected chi connectivity index (χ3v) is 2.30. The Morgan fingerprint density at radius 2 is 1.83 bits per heavy atom. The fourth-order valence-corrected chi connectivity index (χ4v) is 1.41. The van der Waals surface area contributed by atoms with E-state index in [4.69, 9.17) is 4.74 Å². The van der Waals surface area contributed by atoms with Crippen molar-refractivity contribution >= 4 is 11.9 Å². The molecule has 0 heterocycles. The van der Waals surface area contributed by atoms with Crippen LogP contribution in [-0.4, -0.2) is 24.5 Å². The van der Waals surface area contributed by atoms with Crippen molar-refractivity contribution < 1.29 is 14.3 Å². The van der Waals surface area contributed by atoms with Crippen LogP contribution in [0.3, 0.4) is 0 Å². The van der Waals surface area contributed by atoms with Crippen LogP contribution in [0.25, 0.3) is 0 Å². The molecule has 0 aliphatic heterocycles. The Morgan fingerprint density at radius 3 is 2.39 bits per heavy atom. The number of nitrogens with one attached hydrogen (secondary N) is 1. The van der Waals surface area contributed by atoms with Crippen LogP contribution in [0.5, 0.6) is 0 Å². The van der Waals surface area contributed by atoms with Gasteiger partial charge in [0.1, 0.15) is 0 Å². The predicted octanol–water partition coefficient (Wildman–Crippen LogP) is 2.07. The number of carbonyl (C=O) groups excluding carboxylic acids is 2. The normalized spacial score (nSPS) is 10.2.